The molecular formula is C5H4F3NO. The second-order valence-electron chi connectivity index (χ2n) is 1.57. The van der Waals surface area contributed by atoms with Gasteiger partial charge in [-0.1, -0.05) is 0 Å². The number of nitrogens with two attached hydrogens (primary N) is 1. The van der Waals surface area contributed by atoms with Crippen molar-refractivity contribution in [1.82, 2.24) is 0 Å². The van der Waals surface area contributed by atoms with Crippen LogP contribution in [0.3, 0.4) is 0 Å². The smallest absolute Gasteiger partial charge is 0.319 e. The van der Waals surface area contributed by atoms with Crippen LogP contribution in [-0.4, -0.2) is 11.8 Å². The van der Waals surface area contributed by atoms with Crippen LogP contribution >= 0.6 is 0 Å². The SMILES string of the molecule is NC(=O)CC(F)(F)C#CF. The summed E-state index contributed by atoms with van der Waals surface area (Å²) >= 11 is 0. The van der Waals surface area contributed by atoms with Crippen LogP contribution < -0.4 is 5.73 Å². The van der Waals surface area contributed by atoms with Crippen LogP contribution in [-0.2, 0) is 4.79 Å². The van der Waals surface area contributed by atoms with E-state index in [1.807, 2.05) is 0 Å². The summed E-state index contributed by atoms with van der Waals surface area (Å²) in [5.41, 5.74) is 4.40. The summed E-state index contributed by atoms with van der Waals surface area (Å²) in [7, 11) is 0. The van der Waals surface area contributed by atoms with Crippen LogP contribution in [0.15, 0.2) is 0 Å². The van der Waals surface area contributed by atoms with Crippen molar-refractivity contribution in [2.75, 3.05) is 0 Å². The zero-order valence-electron chi connectivity index (χ0n) is 4.83. The van der Waals surface area contributed by atoms with E-state index >= 15 is 0 Å². The number of hydrogen-bond acceptors (Lipinski definition) is 1. The Morgan fingerprint density at radius 2 is 2.10 bits per heavy atom. The zero-order chi connectivity index (χ0) is 8.20. The Hall–Kier alpha value is -1.18. The lowest BCUT2D eigenvalue weighted by molar-refractivity contribution is -0.122. The number of primary amides is 1. The van der Waals surface area contributed by atoms with Gasteiger partial charge in [-0.25, -0.2) is 0 Å². The molecule has 0 rings (SSSR count). The molecular weight excluding hydrogens is 147 g/mol. The molecule has 0 aliphatic carbocycles. The van der Waals surface area contributed by atoms with E-state index in [0.717, 1.165) is 5.92 Å². The average molecular weight is 151 g/mol. The molecule has 2 nitrogen and oxygen atoms in total. The van der Waals surface area contributed by atoms with E-state index in [0.29, 0.717) is 6.17 Å². The first kappa shape index (κ1) is 8.82. The van der Waals surface area contributed by atoms with E-state index < -0.39 is 18.3 Å². The third-order valence-electron chi connectivity index (χ3n) is 0.626. The first-order valence-corrected chi connectivity index (χ1v) is 2.27. The van der Waals surface area contributed by atoms with Gasteiger partial charge in [-0.3, -0.25) is 4.79 Å². The molecule has 10 heavy (non-hydrogen) atoms. The van der Waals surface area contributed by atoms with Gasteiger partial charge in [0.05, 0.1) is 0 Å². The molecule has 0 aliphatic rings. The number of carbonyl (C=O) groups is 1. The molecule has 1 amide bonds. The second-order valence-corrected chi connectivity index (χ2v) is 1.57. The monoisotopic (exact) mass is 151 g/mol. The number of hydrogen-bond donors (Lipinski definition) is 1. The van der Waals surface area contributed by atoms with Crippen molar-refractivity contribution in [2.45, 2.75) is 12.3 Å². The first-order chi connectivity index (χ1) is 4.48. The van der Waals surface area contributed by atoms with Gasteiger partial charge in [0, 0.05) is 5.92 Å². The van der Waals surface area contributed by atoms with Crippen molar-refractivity contribution >= 4 is 5.91 Å². The van der Waals surface area contributed by atoms with Crippen LogP contribution in [0.25, 0.3) is 0 Å². The molecule has 0 aromatic rings. The fraction of sp³-hybridized carbons (Fsp3) is 0.400. The van der Waals surface area contributed by atoms with Crippen LogP contribution in [0.5, 0.6) is 0 Å². The highest BCUT2D eigenvalue weighted by atomic mass is 19.3. The third-order valence-corrected chi connectivity index (χ3v) is 0.626. The number of alkyl halides is 2. The Labute approximate surface area is 55.2 Å². The Morgan fingerprint density at radius 1 is 1.60 bits per heavy atom. The summed E-state index contributed by atoms with van der Waals surface area (Å²) in [6, 6.07) is 0. The maximum Gasteiger partial charge on any atom is 0.319 e. The molecule has 0 aromatic carbocycles. The Morgan fingerprint density at radius 3 is 2.40 bits per heavy atom. The maximum atomic E-state index is 12.0. The summed E-state index contributed by atoms with van der Waals surface area (Å²) in [5.74, 6) is -3.95. The number of rotatable bonds is 2. The molecule has 0 atom stereocenters. The normalized spacial score (nSPS) is 9.90. The third kappa shape index (κ3) is 3.78. The van der Waals surface area contributed by atoms with Crippen molar-refractivity contribution in [2.24, 2.45) is 5.73 Å². The summed E-state index contributed by atoms with van der Waals surface area (Å²) in [5, 5.41) is 0. The second kappa shape index (κ2) is 3.11. The first-order valence-electron chi connectivity index (χ1n) is 2.27. The molecule has 0 aromatic heterocycles. The molecule has 5 heteroatoms. The zero-order valence-corrected chi connectivity index (χ0v) is 4.83. The van der Waals surface area contributed by atoms with Crippen LogP contribution in [0.1, 0.15) is 6.42 Å². The Balaban J connectivity index is 4.08. The van der Waals surface area contributed by atoms with Gasteiger partial charge in [-0.15, -0.1) is 4.39 Å². The summed E-state index contributed by atoms with van der Waals surface area (Å²) in [4.78, 5) is 9.84. The minimum atomic E-state index is -3.64. The van der Waals surface area contributed by atoms with E-state index in [2.05, 4.69) is 5.73 Å². The van der Waals surface area contributed by atoms with E-state index in [9.17, 15) is 18.0 Å². The molecule has 0 saturated heterocycles. The molecule has 0 radical (unpaired) electrons. The molecule has 0 fully saturated rings. The van der Waals surface area contributed by atoms with Gasteiger partial charge in [-0.05, 0) is 0 Å². The van der Waals surface area contributed by atoms with Crippen molar-refractivity contribution in [3.8, 4) is 12.1 Å². The van der Waals surface area contributed by atoms with Crippen LogP contribution in [0.4, 0.5) is 13.2 Å². The highest BCUT2D eigenvalue weighted by Gasteiger charge is 2.28. The summed E-state index contributed by atoms with van der Waals surface area (Å²) < 4.78 is 34.9. The number of halogens is 3. The van der Waals surface area contributed by atoms with Gasteiger partial charge in [0.25, 0.3) is 0 Å². The summed E-state index contributed by atoms with van der Waals surface area (Å²) in [6.07, 6.45) is -0.741. The highest BCUT2D eigenvalue weighted by molar-refractivity contribution is 5.75. The molecule has 0 aliphatic heterocycles. The summed E-state index contributed by atoms with van der Waals surface area (Å²) in [6.45, 7) is 0. The molecule has 0 bridgehead atoms. The van der Waals surface area contributed by atoms with Gasteiger partial charge in [0.15, 0.2) is 0 Å². The molecule has 0 spiro atoms. The fourth-order valence-electron chi connectivity index (χ4n) is 0.332. The van der Waals surface area contributed by atoms with E-state index in [1.165, 1.54) is 0 Å². The van der Waals surface area contributed by atoms with Gasteiger partial charge in [0.2, 0.25) is 5.91 Å². The quantitative estimate of drug-likeness (QED) is 0.571. The van der Waals surface area contributed by atoms with E-state index in [1.54, 1.807) is 0 Å². The largest absolute Gasteiger partial charge is 0.369 e. The van der Waals surface area contributed by atoms with Gasteiger partial charge in [-0.2, -0.15) is 8.78 Å². The predicted molar refractivity (Wildman–Crippen MR) is 27.6 cm³/mol. The number of carbonyl (C=O) groups excluding carboxylic acids is 1. The lowest BCUT2D eigenvalue weighted by Crippen LogP contribution is -2.23. The van der Waals surface area contributed by atoms with Crippen molar-refractivity contribution in [3.63, 3.8) is 0 Å². The lowest BCUT2D eigenvalue weighted by Gasteiger charge is -2.03. The van der Waals surface area contributed by atoms with Gasteiger partial charge in [0.1, 0.15) is 12.6 Å². The van der Waals surface area contributed by atoms with Crippen LogP contribution in [0, 0.1) is 12.1 Å². The Bertz CT molecular complexity index is 191. The molecule has 2 N–H and O–H groups in total. The fourth-order valence-corrected chi connectivity index (χ4v) is 0.332. The molecule has 0 heterocycles. The molecule has 0 saturated carbocycles. The minimum absolute atomic E-state index is 0.506. The van der Waals surface area contributed by atoms with Crippen LogP contribution in [0.2, 0.25) is 0 Å². The van der Waals surface area contributed by atoms with Crippen molar-refractivity contribution < 1.29 is 18.0 Å². The topological polar surface area (TPSA) is 43.1 Å². The molecule has 0 unspecified atom stereocenters. The average Bonchev–Trinajstić information content (AvgIpc) is 1.59. The van der Waals surface area contributed by atoms with E-state index in [4.69, 9.17) is 0 Å². The maximum absolute atomic E-state index is 12.0. The highest BCUT2D eigenvalue weighted by Crippen LogP contribution is 2.15. The lowest BCUT2D eigenvalue weighted by atomic mass is 10.2. The predicted octanol–water partition coefficient (Wildman–Crippen LogP) is 0.428. The number of amides is 1. The van der Waals surface area contributed by atoms with Crippen molar-refractivity contribution in [3.05, 3.63) is 0 Å². The minimum Gasteiger partial charge on any atom is -0.369 e. The Kier molecular flexibility index (Phi) is 2.74. The van der Waals surface area contributed by atoms with Crippen molar-refractivity contribution in [1.29, 1.82) is 0 Å². The van der Waals surface area contributed by atoms with Gasteiger partial charge >= 0.3 is 5.92 Å². The van der Waals surface area contributed by atoms with Gasteiger partial charge < -0.3 is 5.73 Å². The molecule has 56 valence electrons. The standard InChI is InChI=1S/C5H4F3NO/c6-2-1-5(7,8)3-4(9)10/h3H2,(H2,9,10). The van der Waals surface area contributed by atoms with E-state index in [-0.39, 0.29) is 0 Å².